The highest BCUT2D eigenvalue weighted by Gasteiger charge is 2.46. The van der Waals surface area contributed by atoms with Gasteiger partial charge in [0.05, 0.1) is 30.7 Å². The second-order valence-corrected chi connectivity index (χ2v) is 14.4. The lowest BCUT2D eigenvalue weighted by Crippen LogP contribution is -2.50. The molecule has 0 unspecified atom stereocenters. The number of aromatic nitrogens is 5. The van der Waals surface area contributed by atoms with Crippen LogP contribution in [0.3, 0.4) is 0 Å². The molecule has 1 atom stereocenters. The highest BCUT2D eigenvalue weighted by atomic mass is 32.2. The molecule has 0 radical (unpaired) electrons. The van der Waals surface area contributed by atoms with Crippen molar-refractivity contribution in [1.82, 2.24) is 29.3 Å². The van der Waals surface area contributed by atoms with Gasteiger partial charge in [-0.15, -0.1) is 5.10 Å². The molecule has 1 aromatic carbocycles. The predicted molar refractivity (Wildman–Crippen MR) is 165 cm³/mol. The zero-order valence-corrected chi connectivity index (χ0v) is 27.0. The van der Waals surface area contributed by atoms with Gasteiger partial charge in [-0.05, 0) is 75.1 Å². The Hall–Kier alpha value is -3.94. The van der Waals surface area contributed by atoms with E-state index in [9.17, 15) is 18.3 Å². The molecular weight excluding hydrogens is 596 g/mol. The van der Waals surface area contributed by atoms with Gasteiger partial charge >= 0.3 is 5.97 Å². The normalized spacial score (nSPS) is 18.7. The van der Waals surface area contributed by atoms with E-state index in [4.69, 9.17) is 9.47 Å². The van der Waals surface area contributed by atoms with Crippen LogP contribution in [-0.2, 0) is 32.6 Å². The Morgan fingerprint density at radius 2 is 1.91 bits per heavy atom. The van der Waals surface area contributed by atoms with E-state index >= 15 is 0 Å². The molecule has 0 saturated carbocycles. The molecular formula is C32H38N6O6S. The number of hydrogen-bond acceptors (Lipinski definition) is 9. The molecule has 0 amide bonds. The minimum Gasteiger partial charge on any atom is -0.481 e. The molecule has 45 heavy (non-hydrogen) atoms. The van der Waals surface area contributed by atoms with Crippen molar-refractivity contribution in [2.24, 2.45) is 5.41 Å². The summed E-state index contributed by atoms with van der Waals surface area (Å²) in [6, 6.07) is 8.87. The SMILES string of the molecule is CCn1nnc2c(C)c([C@H](c3cnc(C)c(CN4CC5(CCOCC5)Oc5ncccc5S4(=O)=O)c3)C(C)(C)C(=O)O)ccc21. The number of hydrogen-bond donors (Lipinski definition) is 1. The molecule has 1 fully saturated rings. The van der Waals surface area contributed by atoms with Gasteiger partial charge < -0.3 is 14.6 Å². The van der Waals surface area contributed by atoms with Crippen molar-refractivity contribution in [3.8, 4) is 5.88 Å². The number of carboxylic acid groups (broad SMARTS) is 1. The molecule has 1 saturated heterocycles. The van der Waals surface area contributed by atoms with Crippen molar-refractivity contribution >= 4 is 27.0 Å². The maximum atomic E-state index is 14.1. The van der Waals surface area contributed by atoms with Crippen LogP contribution < -0.4 is 4.74 Å². The molecule has 1 N–H and O–H groups in total. The summed E-state index contributed by atoms with van der Waals surface area (Å²) in [6.45, 7) is 10.8. The van der Waals surface area contributed by atoms with E-state index in [1.807, 2.05) is 39.0 Å². The zero-order valence-electron chi connectivity index (χ0n) is 26.1. The zero-order chi connectivity index (χ0) is 32.1. The Kier molecular flexibility index (Phi) is 7.90. The van der Waals surface area contributed by atoms with E-state index in [0.717, 1.165) is 16.6 Å². The van der Waals surface area contributed by atoms with Gasteiger partial charge in [0.2, 0.25) is 15.9 Å². The summed E-state index contributed by atoms with van der Waals surface area (Å²) in [5.74, 6) is -1.49. The van der Waals surface area contributed by atoms with Gasteiger partial charge in [-0.1, -0.05) is 17.3 Å². The van der Waals surface area contributed by atoms with E-state index in [0.29, 0.717) is 54.9 Å². The van der Waals surface area contributed by atoms with Crippen LogP contribution in [0.15, 0.2) is 47.6 Å². The lowest BCUT2D eigenvalue weighted by atomic mass is 9.70. The Balaban J connectivity index is 1.46. The summed E-state index contributed by atoms with van der Waals surface area (Å²) in [4.78, 5) is 21.7. The maximum Gasteiger partial charge on any atom is 0.310 e. The Labute approximate surface area is 262 Å². The second-order valence-electron chi connectivity index (χ2n) is 12.5. The number of aliphatic carboxylic acids is 1. The quantitative estimate of drug-likeness (QED) is 0.313. The van der Waals surface area contributed by atoms with Crippen LogP contribution in [0.5, 0.6) is 5.88 Å². The van der Waals surface area contributed by atoms with Gasteiger partial charge in [0.25, 0.3) is 0 Å². The van der Waals surface area contributed by atoms with Crippen molar-refractivity contribution in [3.63, 3.8) is 0 Å². The summed E-state index contributed by atoms with van der Waals surface area (Å²) in [5, 5.41) is 19.1. The Bertz CT molecular complexity index is 1880. The summed E-state index contributed by atoms with van der Waals surface area (Å²) in [6.07, 6.45) is 4.26. The summed E-state index contributed by atoms with van der Waals surface area (Å²) in [7, 11) is -4.00. The second kappa shape index (κ2) is 11.5. The highest BCUT2D eigenvalue weighted by molar-refractivity contribution is 7.89. The fourth-order valence-electron chi connectivity index (χ4n) is 6.52. The average Bonchev–Trinajstić information content (AvgIpc) is 3.41. The van der Waals surface area contributed by atoms with Crippen molar-refractivity contribution in [1.29, 1.82) is 0 Å². The lowest BCUT2D eigenvalue weighted by Gasteiger charge is -2.38. The van der Waals surface area contributed by atoms with E-state index in [-0.39, 0.29) is 23.9 Å². The van der Waals surface area contributed by atoms with Crippen molar-refractivity contribution in [2.45, 2.75) is 77.0 Å². The fraction of sp³-hybridized carbons (Fsp3) is 0.469. The van der Waals surface area contributed by atoms with Crippen molar-refractivity contribution < 1.29 is 27.8 Å². The van der Waals surface area contributed by atoms with Crippen LogP contribution >= 0.6 is 0 Å². The number of rotatable bonds is 7. The number of fused-ring (bicyclic) bond motifs is 2. The van der Waals surface area contributed by atoms with Crippen LogP contribution in [0.1, 0.15) is 67.5 Å². The molecule has 12 nitrogen and oxygen atoms in total. The van der Waals surface area contributed by atoms with Gasteiger partial charge in [-0.25, -0.2) is 18.1 Å². The largest absolute Gasteiger partial charge is 0.481 e. The molecule has 238 valence electrons. The first-order chi connectivity index (χ1) is 21.4. The van der Waals surface area contributed by atoms with Crippen LogP contribution in [0.2, 0.25) is 0 Å². The minimum atomic E-state index is -4.00. The van der Waals surface area contributed by atoms with E-state index in [2.05, 4.69) is 20.3 Å². The number of carbonyl (C=O) groups is 1. The van der Waals surface area contributed by atoms with Gasteiger partial charge in [-0.3, -0.25) is 9.78 Å². The number of ether oxygens (including phenoxy) is 2. The molecule has 6 rings (SSSR count). The number of aryl methyl sites for hydroxylation is 3. The Morgan fingerprint density at radius 3 is 2.62 bits per heavy atom. The monoisotopic (exact) mass is 634 g/mol. The number of carboxylic acids is 1. The van der Waals surface area contributed by atoms with Gasteiger partial charge in [0.1, 0.15) is 16.0 Å². The van der Waals surface area contributed by atoms with Gasteiger partial charge in [0.15, 0.2) is 0 Å². The lowest BCUT2D eigenvalue weighted by molar-refractivity contribution is -0.147. The summed E-state index contributed by atoms with van der Waals surface area (Å²) in [5.41, 5.74) is 3.18. The number of sulfonamides is 1. The van der Waals surface area contributed by atoms with E-state index < -0.39 is 32.9 Å². The van der Waals surface area contributed by atoms with E-state index in [1.165, 1.54) is 16.6 Å². The predicted octanol–water partition coefficient (Wildman–Crippen LogP) is 4.23. The molecule has 2 aliphatic rings. The van der Waals surface area contributed by atoms with Crippen LogP contribution in [0.25, 0.3) is 11.0 Å². The third-order valence-corrected chi connectivity index (χ3v) is 11.1. The summed E-state index contributed by atoms with van der Waals surface area (Å²) >= 11 is 0. The molecule has 1 spiro atoms. The standard InChI is InChI=1S/C32H38N6O6S/c1-6-38-25-10-9-24(20(2)28(25)35-36-38)27(31(4,5)30(39)40)22-16-23(21(3)34-17-22)18-37-19-32(11-14-43-15-12-32)44-29-26(45(37,41)42)8-7-13-33-29/h7-10,13,16-17,27H,6,11-12,14-15,18-19H2,1-5H3,(H,39,40)/t27-/m0/s1. The number of nitrogens with zero attached hydrogens (tertiary/aromatic N) is 6. The third kappa shape index (κ3) is 5.36. The summed E-state index contributed by atoms with van der Waals surface area (Å²) < 4.78 is 43.4. The fourth-order valence-corrected chi connectivity index (χ4v) is 8.08. The Morgan fingerprint density at radius 1 is 1.16 bits per heavy atom. The maximum absolute atomic E-state index is 14.1. The number of pyridine rings is 2. The van der Waals surface area contributed by atoms with Crippen molar-refractivity contribution in [2.75, 3.05) is 19.8 Å². The van der Waals surface area contributed by atoms with Crippen LogP contribution in [-0.4, -0.2) is 74.1 Å². The van der Waals surface area contributed by atoms with Crippen LogP contribution in [0.4, 0.5) is 0 Å². The van der Waals surface area contributed by atoms with Gasteiger partial charge in [-0.2, -0.15) is 4.31 Å². The first kappa shape index (κ1) is 31.1. The van der Waals surface area contributed by atoms with Crippen LogP contribution in [0, 0.1) is 19.3 Å². The molecule has 4 aromatic rings. The van der Waals surface area contributed by atoms with Crippen molar-refractivity contribution in [3.05, 3.63) is 70.7 Å². The molecule has 13 heteroatoms. The molecule has 0 bridgehead atoms. The molecule has 2 aliphatic heterocycles. The van der Waals surface area contributed by atoms with E-state index in [1.54, 1.807) is 30.8 Å². The molecule has 0 aliphatic carbocycles. The smallest absolute Gasteiger partial charge is 0.310 e. The molecule has 3 aromatic heterocycles. The average molecular weight is 635 g/mol. The van der Waals surface area contributed by atoms with Gasteiger partial charge in [0, 0.05) is 49.9 Å². The first-order valence-electron chi connectivity index (χ1n) is 15.1. The minimum absolute atomic E-state index is 0.0177. The molecule has 5 heterocycles. The third-order valence-electron chi connectivity index (χ3n) is 9.29. The number of benzene rings is 1. The first-order valence-corrected chi connectivity index (χ1v) is 16.6. The topological polar surface area (TPSA) is 150 Å². The highest BCUT2D eigenvalue weighted by Crippen LogP contribution is 2.44.